The van der Waals surface area contributed by atoms with E-state index in [4.69, 9.17) is 9.47 Å². The van der Waals surface area contributed by atoms with Crippen LogP contribution in [-0.4, -0.2) is 79.2 Å². The van der Waals surface area contributed by atoms with E-state index < -0.39 is 0 Å². The van der Waals surface area contributed by atoms with Crippen LogP contribution in [0.4, 0.5) is 17.2 Å². The second-order valence-corrected chi connectivity index (χ2v) is 9.86. The summed E-state index contributed by atoms with van der Waals surface area (Å²) >= 11 is 0. The summed E-state index contributed by atoms with van der Waals surface area (Å²) < 4.78 is 11.8. The van der Waals surface area contributed by atoms with E-state index >= 15 is 0 Å². The number of hydrogen-bond acceptors (Lipinski definition) is 7. The Morgan fingerprint density at radius 3 is 2.83 bits per heavy atom. The van der Waals surface area contributed by atoms with E-state index in [9.17, 15) is 4.79 Å². The van der Waals surface area contributed by atoms with Gasteiger partial charge in [-0.1, -0.05) is 12.6 Å². The standard InChI is InChI=1S/C27H33N5O3/c1-2-26(33)32-16-21(17-32)31-9-3-4-20(15-31)19-5-6-25-23(14-19)29-27-22(18-35-25)24(7-8-28-27)30-10-12-34-13-11-30/h2,5-8,14,20-21H,1,3-4,9-13,15-18H2,(H,28,29). The number of piperidine rings is 1. The van der Waals surface area contributed by atoms with Crippen molar-refractivity contribution in [3.63, 3.8) is 0 Å². The topological polar surface area (TPSA) is 70.2 Å². The normalized spacial score (nSPS) is 22.7. The van der Waals surface area contributed by atoms with E-state index in [0.29, 0.717) is 18.6 Å². The summed E-state index contributed by atoms with van der Waals surface area (Å²) in [6.45, 7) is 11.1. The first-order chi connectivity index (χ1) is 17.2. The zero-order valence-electron chi connectivity index (χ0n) is 20.1. The highest BCUT2D eigenvalue weighted by Gasteiger charge is 2.36. The highest BCUT2D eigenvalue weighted by molar-refractivity contribution is 5.87. The quantitative estimate of drug-likeness (QED) is 0.682. The molecule has 6 rings (SSSR count). The smallest absolute Gasteiger partial charge is 0.246 e. The minimum absolute atomic E-state index is 0.0392. The minimum atomic E-state index is 0.0392. The highest BCUT2D eigenvalue weighted by Crippen LogP contribution is 2.40. The number of likely N-dealkylation sites (tertiary alicyclic amines) is 2. The maximum atomic E-state index is 11.8. The van der Waals surface area contributed by atoms with Crippen LogP contribution < -0.4 is 15.0 Å². The molecule has 0 radical (unpaired) electrons. The summed E-state index contributed by atoms with van der Waals surface area (Å²) in [7, 11) is 0. The van der Waals surface area contributed by atoms with Crippen LogP contribution in [-0.2, 0) is 16.1 Å². The fourth-order valence-corrected chi connectivity index (χ4v) is 5.74. The maximum Gasteiger partial charge on any atom is 0.246 e. The molecule has 1 aromatic carbocycles. The van der Waals surface area contributed by atoms with Gasteiger partial charge in [0.05, 0.1) is 24.5 Å². The van der Waals surface area contributed by atoms with E-state index in [0.717, 1.165) is 75.3 Å². The molecule has 4 aliphatic rings. The van der Waals surface area contributed by atoms with Crippen LogP contribution in [0.5, 0.6) is 5.75 Å². The third kappa shape index (κ3) is 4.36. The molecule has 35 heavy (non-hydrogen) atoms. The number of hydrogen-bond donors (Lipinski definition) is 1. The SMILES string of the molecule is C=CC(=O)N1CC(N2CCCC(c3ccc4c(c3)Nc3nccc(N5CCOCC5)c3CO4)C2)C1. The van der Waals surface area contributed by atoms with Crippen molar-refractivity contribution in [2.24, 2.45) is 0 Å². The van der Waals surface area contributed by atoms with Crippen molar-refractivity contribution in [1.82, 2.24) is 14.8 Å². The van der Waals surface area contributed by atoms with Gasteiger partial charge in [-0.2, -0.15) is 0 Å². The number of fused-ring (bicyclic) bond motifs is 2. The number of rotatable bonds is 4. The van der Waals surface area contributed by atoms with E-state index in [1.165, 1.54) is 30.2 Å². The first-order valence-electron chi connectivity index (χ1n) is 12.7. The summed E-state index contributed by atoms with van der Waals surface area (Å²) in [6.07, 6.45) is 5.64. The predicted octanol–water partition coefficient (Wildman–Crippen LogP) is 3.13. The summed E-state index contributed by atoms with van der Waals surface area (Å²) in [5.41, 5.74) is 4.58. The molecule has 0 aliphatic carbocycles. The fraction of sp³-hybridized carbons (Fsp3) is 0.481. The number of aromatic nitrogens is 1. The first kappa shape index (κ1) is 22.4. The average molecular weight is 476 g/mol. The van der Waals surface area contributed by atoms with Gasteiger partial charge in [0, 0.05) is 50.6 Å². The third-order valence-corrected chi connectivity index (χ3v) is 7.80. The van der Waals surface area contributed by atoms with Crippen LogP contribution in [0.15, 0.2) is 43.1 Å². The Morgan fingerprint density at radius 1 is 1.14 bits per heavy atom. The number of benzene rings is 1. The third-order valence-electron chi connectivity index (χ3n) is 7.80. The molecular formula is C27H33N5O3. The van der Waals surface area contributed by atoms with Crippen LogP contribution in [0.25, 0.3) is 0 Å². The summed E-state index contributed by atoms with van der Waals surface area (Å²) in [5, 5.41) is 3.58. The van der Waals surface area contributed by atoms with E-state index in [2.05, 4.69) is 50.9 Å². The molecule has 184 valence electrons. The molecule has 3 saturated heterocycles. The number of carbonyl (C=O) groups is 1. The molecule has 8 nitrogen and oxygen atoms in total. The molecule has 1 aromatic heterocycles. The number of carbonyl (C=O) groups excluding carboxylic acids is 1. The molecule has 8 heteroatoms. The van der Waals surface area contributed by atoms with Crippen molar-refractivity contribution in [2.45, 2.75) is 31.4 Å². The molecule has 1 amide bonds. The van der Waals surface area contributed by atoms with Crippen LogP contribution in [0.2, 0.25) is 0 Å². The Kier molecular flexibility index (Phi) is 6.08. The minimum Gasteiger partial charge on any atom is -0.487 e. The van der Waals surface area contributed by atoms with Crippen molar-refractivity contribution >= 4 is 23.1 Å². The number of nitrogens with zero attached hydrogens (tertiary/aromatic N) is 4. The molecule has 3 fully saturated rings. The largest absolute Gasteiger partial charge is 0.487 e. The van der Waals surface area contributed by atoms with Gasteiger partial charge in [-0.05, 0) is 55.1 Å². The number of ether oxygens (including phenoxy) is 2. The lowest BCUT2D eigenvalue weighted by Crippen LogP contribution is -2.62. The number of anilines is 3. The maximum absolute atomic E-state index is 11.8. The van der Waals surface area contributed by atoms with Gasteiger partial charge >= 0.3 is 0 Å². The molecule has 1 atom stereocenters. The van der Waals surface area contributed by atoms with Crippen molar-refractivity contribution in [2.75, 3.05) is 62.7 Å². The summed E-state index contributed by atoms with van der Waals surface area (Å²) in [4.78, 5) is 23.3. The molecule has 0 spiro atoms. The lowest BCUT2D eigenvalue weighted by molar-refractivity contribution is -0.133. The first-order valence-corrected chi connectivity index (χ1v) is 12.7. The lowest BCUT2D eigenvalue weighted by Gasteiger charge is -2.47. The van der Waals surface area contributed by atoms with Crippen LogP contribution in [0, 0.1) is 0 Å². The summed E-state index contributed by atoms with van der Waals surface area (Å²) in [5.74, 6) is 2.24. The number of morpholine rings is 1. The van der Waals surface area contributed by atoms with Crippen LogP contribution in [0.3, 0.4) is 0 Å². The molecular weight excluding hydrogens is 442 g/mol. The monoisotopic (exact) mass is 475 g/mol. The van der Waals surface area contributed by atoms with Gasteiger partial charge in [0.15, 0.2) is 0 Å². The van der Waals surface area contributed by atoms with Gasteiger partial charge in [0.25, 0.3) is 0 Å². The van der Waals surface area contributed by atoms with Gasteiger partial charge in [-0.25, -0.2) is 4.98 Å². The average Bonchev–Trinajstić information content (AvgIpc) is 3.07. The van der Waals surface area contributed by atoms with E-state index in [-0.39, 0.29) is 5.91 Å². The number of nitrogens with one attached hydrogen (secondary N) is 1. The van der Waals surface area contributed by atoms with Crippen molar-refractivity contribution in [3.8, 4) is 5.75 Å². The van der Waals surface area contributed by atoms with E-state index in [1.807, 2.05) is 11.1 Å². The molecule has 1 N–H and O–H groups in total. The lowest BCUT2D eigenvalue weighted by atomic mass is 9.88. The molecule has 0 bridgehead atoms. The Balaban J connectivity index is 1.18. The fourth-order valence-electron chi connectivity index (χ4n) is 5.74. The number of amides is 1. The van der Waals surface area contributed by atoms with Gasteiger partial charge in [-0.3, -0.25) is 9.69 Å². The van der Waals surface area contributed by atoms with Gasteiger partial charge in [0.1, 0.15) is 18.2 Å². The second kappa shape index (κ2) is 9.51. The van der Waals surface area contributed by atoms with Crippen molar-refractivity contribution in [1.29, 1.82) is 0 Å². The zero-order valence-corrected chi connectivity index (χ0v) is 20.1. The Morgan fingerprint density at radius 2 is 2.00 bits per heavy atom. The molecule has 0 saturated carbocycles. The number of pyridine rings is 1. The zero-order chi connectivity index (χ0) is 23.8. The van der Waals surface area contributed by atoms with Gasteiger partial charge in [0.2, 0.25) is 5.91 Å². The van der Waals surface area contributed by atoms with E-state index in [1.54, 1.807) is 0 Å². The summed E-state index contributed by atoms with van der Waals surface area (Å²) in [6, 6.07) is 9.10. The molecule has 4 aliphatic heterocycles. The predicted molar refractivity (Wildman–Crippen MR) is 135 cm³/mol. The highest BCUT2D eigenvalue weighted by atomic mass is 16.5. The molecule has 5 heterocycles. The van der Waals surface area contributed by atoms with Crippen LogP contribution in [0.1, 0.15) is 29.9 Å². The van der Waals surface area contributed by atoms with Gasteiger partial charge < -0.3 is 24.6 Å². The Bertz CT molecular complexity index is 1110. The van der Waals surface area contributed by atoms with Gasteiger partial charge in [-0.15, -0.1) is 0 Å². The Hall–Kier alpha value is -3.10. The second-order valence-electron chi connectivity index (χ2n) is 9.86. The molecule has 1 unspecified atom stereocenters. The molecule has 2 aromatic rings. The Labute approximate surface area is 206 Å². The van der Waals surface area contributed by atoms with Crippen LogP contribution >= 0.6 is 0 Å². The van der Waals surface area contributed by atoms with Crippen molar-refractivity contribution < 1.29 is 14.3 Å². The van der Waals surface area contributed by atoms with Crippen molar-refractivity contribution in [3.05, 3.63) is 54.2 Å².